The zero-order valence-electron chi connectivity index (χ0n) is 12.3. The van der Waals surface area contributed by atoms with Crippen LogP contribution in [-0.4, -0.2) is 19.2 Å². The average molecular weight is 240 g/mol. The second kappa shape index (κ2) is 10.1. The van der Waals surface area contributed by atoms with Crippen LogP contribution in [0.5, 0.6) is 0 Å². The number of nitrogens with zero attached hydrogens (tertiary/aromatic N) is 1. The molecule has 3 nitrogen and oxygen atoms in total. The molecule has 0 saturated carbocycles. The molecule has 100 valence electrons. The third-order valence-corrected chi connectivity index (χ3v) is 2.31. The smallest absolute Gasteiger partial charge is 0.226 e. The molecule has 3 heteroatoms. The van der Waals surface area contributed by atoms with Gasteiger partial charge in [0.1, 0.15) is 0 Å². The first-order valence-corrected chi connectivity index (χ1v) is 6.38. The Labute approximate surface area is 106 Å². The van der Waals surface area contributed by atoms with E-state index in [-0.39, 0.29) is 5.91 Å². The molecule has 0 aromatic rings. The highest BCUT2D eigenvalue weighted by Crippen LogP contribution is 2.25. The summed E-state index contributed by atoms with van der Waals surface area (Å²) < 4.78 is 0. The number of hydrogen-bond donors (Lipinski definition) is 1. The molecule has 0 atom stereocenters. The van der Waals surface area contributed by atoms with Crippen molar-refractivity contribution in [3.63, 3.8) is 0 Å². The van der Waals surface area contributed by atoms with Gasteiger partial charge in [0.05, 0.1) is 0 Å². The van der Waals surface area contributed by atoms with Crippen LogP contribution >= 0.6 is 0 Å². The van der Waals surface area contributed by atoms with Crippen molar-refractivity contribution in [2.24, 2.45) is 10.4 Å². The van der Waals surface area contributed by atoms with E-state index in [1.165, 1.54) is 0 Å². The number of amides is 1. The van der Waals surface area contributed by atoms with Crippen molar-refractivity contribution in [2.45, 2.75) is 54.4 Å². The van der Waals surface area contributed by atoms with Gasteiger partial charge in [-0.2, -0.15) is 0 Å². The van der Waals surface area contributed by atoms with Gasteiger partial charge < -0.3 is 5.32 Å². The minimum absolute atomic E-state index is 0.0763. The van der Waals surface area contributed by atoms with Gasteiger partial charge in [0.25, 0.3) is 0 Å². The first-order chi connectivity index (χ1) is 7.97. The molecule has 0 heterocycles. The number of aliphatic imine (C=N–C) groups is 1. The molecular formula is C14H28N2O. The number of hydrogen-bond acceptors (Lipinski definition) is 2. The lowest BCUT2D eigenvalue weighted by Gasteiger charge is -2.23. The molecular weight excluding hydrogens is 212 g/mol. The van der Waals surface area contributed by atoms with Crippen LogP contribution in [-0.2, 0) is 4.79 Å². The molecule has 0 aromatic carbocycles. The number of nitrogens with one attached hydrogen (secondary N) is 1. The van der Waals surface area contributed by atoms with E-state index in [0.29, 0.717) is 6.42 Å². The number of allylic oxidation sites excluding steroid dienone is 2. The fraction of sp³-hybridized carbons (Fsp3) is 0.714. The summed E-state index contributed by atoms with van der Waals surface area (Å²) in [4.78, 5) is 15.7. The topological polar surface area (TPSA) is 41.5 Å². The maximum absolute atomic E-state index is 11.8. The summed E-state index contributed by atoms with van der Waals surface area (Å²) in [6.45, 7) is 16.0. The van der Waals surface area contributed by atoms with Crippen LogP contribution in [0.25, 0.3) is 0 Å². The van der Waals surface area contributed by atoms with Crippen molar-refractivity contribution < 1.29 is 4.79 Å². The third kappa shape index (κ3) is 7.72. The molecule has 17 heavy (non-hydrogen) atoms. The van der Waals surface area contributed by atoms with E-state index in [1.54, 1.807) is 0 Å². The van der Waals surface area contributed by atoms with Crippen molar-refractivity contribution in [1.82, 2.24) is 5.32 Å². The summed E-state index contributed by atoms with van der Waals surface area (Å²) in [5.74, 6) is 0.0763. The number of carbonyl (C=O) groups excluding carboxylic acids is 1. The molecule has 1 amide bonds. The Balaban J connectivity index is 0. The van der Waals surface area contributed by atoms with E-state index < -0.39 is 5.41 Å². The summed E-state index contributed by atoms with van der Waals surface area (Å²) in [6.07, 6.45) is 3.47. The van der Waals surface area contributed by atoms with E-state index in [9.17, 15) is 4.79 Å². The summed E-state index contributed by atoms with van der Waals surface area (Å²) >= 11 is 0. The lowest BCUT2D eigenvalue weighted by atomic mass is 9.86. The van der Waals surface area contributed by atoms with Crippen molar-refractivity contribution in [3.05, 3.63) is 11.8 Å². The van der Waals surface area contributed by atoms with Crippen LogP contribution in [0, 0.1) is 5.41 Å². The van der Waals surface area contributed by atoms with E-state index in [2.05, 4.69) is 17.0 Å². The molecule has 0 aromatic heterocycles. The zero-order valence-corrected chi connectivity index (χ0v) is 12.3. The average Bonchev–Trinajstić information content (AvgIpc) is 2.35. The number of carbonyl (C=O) groups is 1. The van der Waals surface area contributed by atoms with Gasteiger partial charge in [0.15, 0.2) is 0 Å². The minimum Gasteiger partial charge on any atom is -0.356 e. The number of rotatable bonds is 6. The van der Waals surface area contributed by atoms with Gasteiger partial charge in [0, 0.05) is 24.1 Å². The van der Waals surface area contributed by atoms with Gasteiger partial charge in [-0.15, -0.1) is 0 Å². The Morgan fingerprint density at radius 2 is 1.94 bits per heavy atom. The van der Waals surface area contributed by atoms with Crippen molar-refractivity contribution in [3.8, 4) is 0 Å². The van der Waals surface area contributed by atoms with E-state index in [0.717, 1.165) is 18.7 Å². The molecule has 0 aliphatic rings. The predicted octanol–water partition coefficient (Wildman–Crippen LogP) is 3.56. The highest BCUT2D eigenvalue weighted by Gasteiger charge is 2.27. The third-order valence-electron chi connectivity index (χ3n) is 2.31. The van der Waals surface area contributed by atoms with Gasteiger partial charge in [0.2, 0.25) is 5.91 Å². The van der Waals surface area contributed by atoms with E-state index in [4.69, 9.17) is 0 Å². The zero-order chi connectivity index (χ0) is 13.9. The Morgan fingerprint density at radius 1 is 1.41 bits per heavy atom. The van der Waals surface area contributed by atoms with Gasteiger partial charge in [-0.3, -0.25) is 9.79 Å². The maximum Gasteiger partial charge on any atom is 0.226 e. The fourth-order valence-corrected chi connectivity index (χ4v) is 1.26. The largest absolute Gasteiger partial charge is 0.356 e. The first-order valence-electron chi connectivity index (χ1n) is 6.38. The van der Waals surface area contributed by atoms with Crippen LogP contribution in [0.3, 0.4) is 0 Å². The molecule has 0 rings (SSSR count). The Hall–Kier alpha value is -1.12. The summed E-state index contributed by atoms with van der Waals surface area (Å²) in [5, 5.41) is 2.90. The van der Waals surface area contributed by atoms with Crippen LogP contribution < -0.4 is 5.32 Å². The highest BCUT2D eigenvalue weighted by atomic mass is 16.2. The molecule has 0 bridgehead atoms. The lowest BCUT2D eigenvalue weighted by molar-refractivity contribution is -0.129. The lowest BCUT2D eigenvalue weighted by Crippen LogP contribution is -2.37. The second-order valence-electron chi connectivity index (χ2n) is 4.25. The Bertz CT molecular complexity index is 255. The highest BCUT2D eigenvalue weighted by molar-refractivity contribution is 5.82. The molecule has 0 aliphatic heterocycles. The predicted molar refractivity (Wildman–Crippen MR) is 76.4 cm³/mol. The van der Waals surface area contributed by atoms with Crippen LogP contribution in [0.4, 0.5) is 0 Å². The Kier molecular flexibility index (Phi) is 10.8. The van der Waals surface area contributed by atoms with Crippen molar-refractivity contribution >= 4 is 12.6 Å². The quantitative estimate of drug-likeness (QED) is 0.709. The van der Waals surface area contributed by atoms with Crippen LogP contribution in [0.2, 0.25) is 0 Å². The molecule has 1 N–H and O–H groups in total. The Morgan fingerprint density at radius 3 is 2.29 bits per heavy atom. The summed E-state index contributed by atoms with van der Waals surface area (Å²) in [5.41, 5.74) is 0.449. The summed E-state index contributed by atoms with van der Waals surface area (Å²) in [6, 6.07) is 0. The van der Waals surface area contributed by atoms with Crippen molar-refractivity contribution in [2.75, 3.05) is 6.54 Å². The van der Waals surface area contributed by atoms with Gasteiger partial charge in [-0.1, -0.05) is 40.7 Å². The first kappa shape index (κ1) is 18.3. The summed E-state index contributed by atoms with van der Waals surface area (Å²) in [7, 11) is 0. The van der Waals surface area contributed by atoms with E-state index in [1.807, 2.05) is 47.6 Å². The monoisotopic (exact) mass is 240 g/mol. The van der Waals surface area contributed by atoms with Crippen molar-refractivity contribution in [1.29, 1.82) is 0 Å². The molecule has 0 aliphatic carbocycles. The van der Waals surface area contributed by atoms with Gasteiger partial charge in [-0.05, 0) is 20.1 Å². The standard InChI is InChI=1S/C12H22N2O.C2H6/c1-6-8-14-11(15)12(3,4)9-10(7-2)13-5;1-2/h7H,5-6,8-9H2,1-4H3,(H,14,15);1-2H3/b10-7-;. The van der Waals surface area contributed by atoms with Gasteiger partial charge >= 0.3 is 0 Å². The van der Waals surface area contributed by atoms with Gasteiger partial charge in [-0.25, -0.2) is 0 Å². The molecule has 0 radical (unpaired) electrons. The second-order valence-corrected chi connectivity index (χ2v) is 4.25. The molecule has 0 spiro atoms. The molecule has 0 saturated heterocycles. The fourth-order valence-electron chi connectivity index (χ4n) is 1.26. The van der Waals surface area contributed by atoms with Crippen LogP contribution in [0.15, 0.2) is 16.8 Å². The van der Waals surface area contributed by atoms with E-state index >= 15 is 0 Å². The minimum atomic E-state index is -0.418. The maximum atomic E-state index is 11.8. The molecule has 0 fully saturated rings. The molecule has 0 unspecified atom stereocenters. The SMILES string of the molecule is C=N/C(=C\C)CC(C)(C)C(=O)NCCC.CC. The normalized spacial score (nSPS) is 11.3. The van der Waals surface area contributed by atoms with Crippen LogP contribution in [0.1, 0.15) is 54.4 Å².